The van der Waals surface area contributed by atoms with Crippen LogP contribution in [-0.2, 0) is 4.74 Å². The van der Waals surface area contributed by atoms with Gasteiger partial charge in [0.1, 0.15) is 5.69 Å². The lowest BCUT2D eigenvalue weighted by molar-refractivity contribution is 0.0516. The van der Waals surface area contributed by atoms with E-state index in [1.807, 2.05) is 30.3 Å². The molecular formula is C16H14N2O3. The largest absolute Gasteiger partial charge is 0.463 e. The van der Waals surface area contributed by atoms with E-state index in [4.69, 9.17) is 9.15 Å². The Hall–Kier alpha value is -2.82. The van der Waals surface area contributed by atoms with E-state index in [0.717, 1.165) is 5.69 Å². The molecule has 21 heavy (non-hydrogen) atoms. The van der Waals surface area contributed by atoms with Crippen molar-refractivity contribution in [1.82, 2.24) is 9.78 Å². The molecule has 2 heterocycles. The Morgan fingerprint density at radius 1 is 1.24 bits per heavy atom. The number of benzene rings is 1. The Morgan fingerprint density at radius 3 is 2.71 bits per heavy atom. The summed E-state index contributed by atoms with van der Waals surface area (Å²) in [6.07, 6.45) is 1.57. The van der Waals surface area contributed by atoms with Gasteiger partial charge in [0.2, 0.25) is 0 Å². The second kappa shape index (κ2) is 5.66. The Balaban J connectivity index is 2.10. The van der Waals surface area contributed by atoms with Crippen LogP contribution < -0.4 is 0 Å². The summed E-state index contributed by atoms with van der Waals surface area (Å²) in [7, 11) is 0. The summed E-state index contributed by atoms with van der Waals surface area (Å²) in [6.45, 7) is 2.09. The van der Waals surface area contributed by atoms with Gasteiger partial charge in [0.05, 0.1) is 18.6 Å². The number of ether oxygens (including phenoxy) is 1. The molecule has 0 saturated carbocycles. The predicted octanol–water partition coefficient (Wildman–Crippen LogP) is 3.31. The topological polar surface area (TPSA) is 57.3 Å². The van der Waals surface area contributed by atoms with Crippen molar-refractivity contribution in [2.24, 2.45) is 0 Å². The summed E-state index contributed by atoms with van der Waals surface area (Å²) in [5.41, 5.74) is 1.75. The van der Waals surface area contributed by atoms with Crippen molar-refractivity contribution >= 4 is 5.97 Å². The zero-order chi connectivity index (χ0) is 14.7. The summed E-state index contributed by atoms with van der Waals surface area (Å²) in [4.78, 5) is 12.1. The lowest BCUT2D eigenvalue weighted by atomic mass is 10.3. The zero-order valence-corrected chi connectivity index (χ0v) is 11.5. The number of rotatable bonds is 4. The highest BCUT2D eigenvalue weighted by atomic mass is 16.5. The van der Waals surface area contributed by atoms with Gasteiger partial charge in [-0.1, -0.05) is 18.2 Å². The molecule has 0 N–H and O–H groups in total. The standard InChI is InChI=1S/C16H14N2O3/c1-2-20-16(19)14-11-13(15-9-6-10-21-15)17-18(14)12-7-4-3-5-8-12/h3-11H,2H2,1H3. The lowest BCUT2D eigenvalue weighted by Crippen LogP contribution is -2.11. The number of esters is 1. The van der Waals surface area contributed by atoms with E-state index < -0.39 is 5.97 Å². The summed E-state index contributed by atoms with van der Waals surface area (Å²) >= 11 is 0. The Labute approximate surface area is 121 Å². The minimum absolute atomic E-state index is 0.314. The van der Waals surface area contributed by atoms with Crippen LogP contribution in [0.4, 0.5) is 0 Å². The van der Waals surface area contributed by atoms with Gasteiger partial charge in [0, 0.05) is 6.07 Å². The van der Waals surface area contributed by atoms with E-state index in [0.29, 0.717) is 23.8 Å². The van der Waals surface area contributed by atoms with Crippen molar-refractivity contribution in [1.29, 1.82) is 0 Å². The quantitative estimate of drug-likeness (QED) is 0.689. The molecule has 3 rings (SSSR count). The number of hydrogen-bond acceptors (Lipinski definition) is 4. The zero-order valence-electron chi connectivity index (χ0n) is 11.5. The number of carbonyl (C=O) groups is 1. The average molecular weight is 282 g/mol. The monoisotopic (exact) mass is 282 g/mol. The van der Waals surface area contributed by atoms with Crippen LogP contribution in [0.5, 0.6) is 0 Å². The van der Waals surface area contributed by atoms with Gasteiger partial charge in [-0.25, -0.2) is 9.48 Å². The van der Waals surface area contributed by atoms with E-state index in [2.05, 4.69) is 5.10 Å². The molecular weight excluding hydrogens is 268 g/mol. The number of nitrogens with zero attached hydrogens (tertiary/aromatic N) is 2. The molecule has 0 atom stereocenters. The van der Waals surface area contributed by atoms with Crippen LogP contribution in [-0.4, -0.2) is 22.4 Å². The molecule has 0 aliphatic heterocycles. The van der Waals surface area contributed by atoms with Gasteiger partial charge < -0.3 is 9.15 Å². The van der Waals surface area contributed by atoms with Gasteiger partial charge in [-0.05, 0) is 31.2 Å². The maximum absolute atomic E-state index is 12.1. The number of aromatic nitrogens is 2. The Bertz CT molecular complexity index is 730. The summed E-state index contributed by atoms with van der Waals surface area (Å²) < 4.78 is 12.0. The molecule has 3 aromatic rings. The first kappa shape index (κ1) is 13.2. The SMILES string of the molecule is CCOC(=O)c1cc(-c2ccco2)nn1-c1ccccc1. The molecule has 2 aromatic heterocycles. The van der Waals surface area contributed by atoms with Crippen molar-refractivity contribution in [2.45, 2.75) is 6.92 Å². The molecule has 0 bridgehead atoms. The van der Waals surface area contributed by atoms with Gasteiger partial charge in [-0.2, -0.15) is 5.10 Å². The molecule has 106 valence electrons. The fourth-order valence-corrected chi connectivity index (χ4v) is 2.04. The highest BCUT2D eigenvalue weighted by Crippen LogP contribution is 2.22. The number of hydrogen-bond donors (Lipinski definition) is 0. The Kier molecular flexibility index (Phi) is 3.55. The van der Waals surface area contributed by atoms with E-state index >= 15 is 0 Å². The van der Waals surface area contributed by atoms with Crippen molar-refractivity contribution in [3.8, 4) is 17.1 Å². The molecule has 0 radical (unpaired) electrons. The average Bonchev–Trinajstić information content (AvgIpc) is 3.17. The van der Waals surface area contributed by atoms with E-state index in [1.54, 1.807) is 36.1 Å². The second-order valence-electron chi connectivity index (χ2n) is 4.36. The van der Waals surface area contributed by atoms with Crippen LogP contribution in [0.15, 0.2) is 59.2 Å². The van der Waals surface area contributed by atoms with Crippen molar-refractivity contribution in [3.05, 3.63) is 60.5 Å². The minimum Gasteiger partial charge on any atom is -0.463 e. The molecule has 0 amide bonds. The fourth-order valence-electron chi connectivity index (χ4n) is 2.04. The van der Waals surface area contributed by atoms with E-state index in [-0.39, 0.29) is 0 Å². The molecule has 0 aliphatic carbocycles. The molecule has 1 aromatic carbocycles. The first-order valence-corrected chi connectivity index (χ1v) is 6.66. The van der Waals surface area contributed by atoms with Crippen LogP contribution in [0.2, 0.25) is 0 Å². The normalized spacial score (nSPS) is 10.5. The van der Waals surface area contributed by atoms with E-state index in [9.17, 15) is 4.79 Å². The van der Waals surface area contributed by atoms with Crippen molar-refractivity contribution < 1.29 is 13.9 Å². The summed E-state index contributed by atoms with van der Waals surface area (Å²) in [5.74, 6) is 0.196. The maximum Gasteiger partial charge on any atom is 0.357 e. The summed E-state index contributed by atoms with van der Waals surface area (Å²) in [6, 6.07) is 14.7. The highest BCUT2D eigenvalue weighted by molar-refractivity contribution is 5.89. The first-order valence-electron chi connectivity index (χ1n) is 6.66. The molecule has 5 heteroatoms. The van der Waals surface area contributed by atoms with Crippen LogP contribution in [0.25, 0.3) is 17.1 Å². The molecule has 0 aliphatic rings. The van der Waals surface area contributed by atoms with Gasteiger partial charge in [-0.3, -0.25) is 0 Å². The molecule has 0 saturated heterocycles. The van der Waals surface area contributed by atoms with Crippen LogP contribution in [0.1, 0.15) is 17.4 Å². The van der Waals surface area contributed by atoms with Gasteiger partial charge >= 0.3 is 5.97 Å². The Morgan fingerprint density at radius 2 is 2.05 bits per heavy atom. The third-order valence-corrected chi connectivity index (χ3v) is 2.97. The maximum atomic E-state index is 12.1. The lowest BCUT2D eigenvalue weighted by Gasteiger charge is -2.06. The fraction of sp³-hybridized carbons (Fsp3) is 0.125. The van der Waals surface area contributed by atoms with Crippen LogP contribution in [0.3, 0.4) is 0 Å². The minimum atomic E-state index is -0.411. The van der Waals surface area contributed by atoms with Crippen LogP contribution >= 0.6 is 0 Å². The number of carbonyl (C=O) groups excluding carboxylic acids is 1. The third kappa shape index (κ3) is 2.58. The molecule has 5 nitrogen and oxygen atoms in total. The smallest absolute Gasteiger partial charge is 0.357 e. The first-order chi connectivity index (χ1) is 10.3. The molecule has 0 spiro atoms. The predicted molar refractivity (Wildman–Crippen MR) is 77.2 cm³/mol. The molecule has 0 fully saturated rings. The molecule has 0 unspecified atom stereocenters. The van der Waals surface area contributed by atoms with Crippen molar-refractivity contribution in [2.75, 3.05) is 6.61 Å². The van der Waals surface area contributed by atoms with Crippen molar-refractivity contribution in [3.63, 3.8) is 0 Å². The van der Waals surface area contributed by atoms with Gasteiger partial charge in [-0.15, -0.1) is 0 Å². The second-order valence-corrected chi connectivity index (χ2v) is 4.36. The third-order valence-electron chi connectivity index (χ3n) is 2.97. The van der Waals surface area contributed by atoms with E-state index in [1.165, 1.54) is 0 Å². The van der Waals surface area contributed by atoms with Gasteiger partial charge in [0.25, 0.3) is 0 Å². The highest BCUT2D eigenvalue weighted by Gasteiger charge is 2.19. The summed E-state index contributed by atoms with van der Waals surface area (Å²) in [5, 5.41) is 4.45. The van der Waals surface area contributed by atoms with Gasteiger partial charge in [0.15, 0.2) is 11.5 Å². The van der Waals surface area contributed by atoms with Crippen LogP contribution in [0, 0.1) is 0 Å². The number of furan rings is 1. The number of para-hydroxylation sites is 1.